The van der Waals surface area contributed by atoms with Crippen LogP contribution in [0.4, 0.5) is 0 Å². The molecule has 2 heteroatoms. The van der Waals surface area contributed by atoms with Gasteiger partial charge in [-0.1, -0.05) is 6.92 Å². The summed E-state index contributed by atoms with van der Waals surface area (Å²) in [6, 6.07) is 1.93. The van der Waals surface area contributed by atoms with E-state index in [1.54, 1.807) is 0 Å². The van der Waals surface area contributed by atoms with Crippen LogP contribution < -0.4 is 0 Å². The normalized spacial score (nSPS) is 10.0. The largest absolute Gasteiger partial charge is 0.263 e. The molecule has 0 amide bonds. The highest BCUT2D eigenvalue weighted by Gasteiger charge is 1.91. The van der Waals surface area contributed by atoms with Crippen LogP contribution in [0.15, 0.2) is 6.07 Å². The molecule has 1 heterocycles. The lowest BCUT2D eigenvalue weighted by Crippen LogP contribution is -1.94. The van der Waals surface area contributed by atoms with Crippen LogP contribution in [0.25, 0.3) is 0 Å². The molecule has 0 N–H and O–H groups in total. The molecule has 0 aliphatic rings. The van der Waals surface area contributed by atoms with Crippen molar-refractivity contribution in [1.29, 1.82) is 0 Å². The van der Waals surface area contributed by atoms with E-state index < -0.39 is 0 Å². The van der Waals surface area contributed by atoms with Crippen molar-refractivity contribution in [3.63, 3.8) is 0 Å². The van der Waals surface area contributed by atoms with Crippen LogP contribution in [0.5, 0.6) is 0 Å². The Labute approximate surface area is 55.5 Å². The molecule has 0 aliphatic carbocycles. The molecule has 9 heavy (non-hydrogen) atoms. The number of aryl methyl sites for hydroxylation is 2. The van der Waals surface area contributed by atoms with Gasteiger partial charge in [0.25, 0.3) is 0 Å². The lowest BCUT2D eigenvalue weighted by molar-refractivity contribution is 0.644. The molecular formula is C7H11N2. The van der Waals surface area contributed by atoms with E-state index in [1.807, 2.05) is 10.7 Å². The summed E-state index contributed by atoms with van der Waals surface area (Å²) < 4.78 is 1.82. The topological polar surface area (TPSA) is 17.8 Å². The summed E-state index contributed by atoms with van der Waals surface area (Å²) in [5, 5.41) is 4.21. The predicted molar refractivity (Wildman–Crippen MR) is 36.1 cm³/mol. The van der Waals surface area contributed by atoms with Gasteiger partial charge in [-0.25, -0.2) is 0 Å². The molecule has 0 saturated heterocycles. The van der Waals surface area contributed by atoms with Crippen molar-refractivity contribution in [3.8, 4) is 0 Å². The monoisotopic (exact) mass is 123 g/mol. The maximum absolute atomic E-state index is 4.21. The zero-order valence-corrected chi connectivity index (χ0v) is 5.89. The first-order valence-electron chi connectivity index (χ1n) is 3.31. The molecule has 1 aromatic rings. The number of nitrogens with zero attached hydrogens (tertiary/aromatic N) is 2. The average molecular weight is 123 g/mol. The molecule has 1 aromatic heterocycles. The Morgan fingerprint density at radius 3 is 2.78 bits per heavy atom. The number of hydrogen-bond donors (Lipinski definition) is 0. The average Bonchev–Trinajstić information content (AvgIpc) is 2.34. The van der Waals surface area contributed by atoms with Crippen LogP contribution in [-0.4, -0.2) is 9.78 Å². The van der Waals surface area contributed by atoms with Gasteiger partial charge in [0.2, 0.25) is 0 Å². The van der Waals surface area contributed by atoms with Crippen LogP contribution in [0.3, 0.4) is 0 Å². The van der Waals surface area contributed by atoms with Gasteiger partial charge >= 0.3 is 0 Å². The lowest BCUT2D eigenvalue weighted by Gasteiger charge is -1.89. The van der Waals surface area contributed by atoms with Crippen molar-refractivity contribution >= 4 is 0 Å². The lowest BCUT2D eigenvalue weighted by atomic mass is 10.4. The maximum Gasteiger partial charge on any atom is 0.0866 e. The first kappa shape index (κ1) is 6.33. The molecule has 0 fully saturated rings. The number of hydrogen-bond acceptors (Lipinski definition) is 1. The molecule has 0 aromatic carbocycles. The number of rotatable bonds is 2. The first-order chi connectivity index (χ1) is 4.36. The van der Waals surface area contributed by atoms with E-state index in [-0.39, 0.29) is 0 Å². The molecule has 0 saturated carbocycles. The third-order valence-corrected chi connectivity index (χ3v) is 1.29. The smallest absolute Gasteiger partial charge is 0.0866 e. The van der Waals surface area contributed by atoms with Gasteiger partial charge in [-0.05, 0) is 19.4 Å². The summed E-state index contributed by atoms with van der Waals surface area (Å²) in [5.74, 6) is 0. The minimum absolute atomic E-state index is 0.917. The summed E-state index contributed by atoms with van der Waals surface area (Å²) in [5.41, 5.74) is 1.12. The summed E-state index contributed by atoms with van der Waals surface area (Å²) in [7, 11) is 0. The summed E-state index contributed by atoms with van der Waals surface area (Å²) in [4.78, 5) is 0. The van der Waals surface area contributed by atoms with Crippen molar-refractivity contribution in [2.24, 2.45) is 0 Å². The van der Waals surface area contributed by atoms with Crippen LogP contribution in [0.2, 0.25) is 0 Å². The highest BCUT2D eigenvalue weighted by atomic mass is 15.3. The quantitative estimate of drug-likeness (QED) is 0.579. The Morgan fingerprint density at radius 2 is 2.44 bits per heavy atom. The fourth-order valence-electron chi connectivity index (χ4n) is 0.697. The summed E-state index contributed by atoms with van der Waals surface area (Å²) >= 11 is 0. The van der Waals surface area contributed by atoms with Crippen LogP contribution >= 0.6 is 0 Å². The molecular weight excluding hydrogens is 112 g/mol. The predicted octanol–water partition coefficient (Wildman–Crippen LogP) is 1.27. The van der Waals surface area contributed by atoms with Gasteiger partial charge in [-0.15, -0.1) is 0 Å². The van der Waals surface area contributed by atoms with E-state index in [1.165, 1.54) is 0 Å². The molecule has 0 aliphatic heterocycles. The van der Waals surface area contributed by atoms with Gasteiger partial charge in [0.15, 0.2) is 0 Å². The zero-order valence-electron chi connectivity index (χ0n) is 5.89. The Balaban J connectivity index is 2.74. The zero-order chi connectivity index (χ0) is 6.69. The van der Waals surface area contributed by atoms with Gasteiger partial charge in [0.05, 0.1) is 11.9 Å². The van der Waals surface area contributed by atoms with Gasteiger partial charge in [-0.2, -0.15) is 5.10 Å². The Kier molecular flexibility index (Phi) is 1.88. The molecule has 0 atom stereocenters. The van der Waals surface area contributed by atoms with E-state index in [2.05, 4.69) is 25.1 Å². The number of aromatic nitrogens is 2. The molecule has 1 rings (SSSR count). The first-order valence-corrected chi connectivity index (χ1v) is 3.31. The van der Waals surface area contributed by atoms with Gasteiger partial charge in [-0.3, -0.25) is 4.68 Å². The fraction of sp³-hybridized carbons (Fsp3) is 0.571. The van der Waals surface area contributed by atoms with Gasteiger partial charge in [0.1, 0.15) is 0 Å². The second-order valence-electron chi connectivity index (χ2n) is 1.93. The molecule has 0 spiro atoms. The third kappa shape index (κ3) is 1.31. The van der Waals surface area contributed by atoms with E-state index in [0.29, 0.717) is 0 Å². The molecule has 0 bridgehead atoms. The van der Waals surface area contributed by atoms with Crippen molar-refractivity contribution in [2.75, 3.05) is 0 Å². The summed E-state index contributed by atoms with van der Waals surface area (Å²) in [6.45, 7) is 5.07. The van der Waals surface area contributed by atoms with Gasteiger partial charge < -0.3 is 0 Å². The molecule has 49 valence electrons. The van der Waals surface area contributed by atoms with Crippen LogP contribution in [0, 0.1) is 6.20 Å². The summed E-state index contributed by atoms with van der Waals surface area (Å²) in [6.07, 6.45) is 4.02. The SMILES string of the molecule is CCc1c[c]n(CC)n1. The highest BCUT2D eigenvalue weighted by molar-refractivity contribution is 4.96. The molecule has 0 unspecified atom stereocenters. The standard InChI is InChI=1S/C7H11N2/c1-3-7-5-6-9(4-2)8-7/h5H,3-4H2,1-2H3. The van der Waals surface area contributed by atoms with E-state index in [4.69, 9.17) is 0 Å². The van der Waals surface area contributed by atoms with E-state index in [0.717, 1.165) is 18.7 Å². The third-order valence-electron chi connectivity index (χ3n) is 1.29. The van der Waals surface area contributed by atoms with Crippen molar-refractivity contribution in [2.45, 2.75) is 26.8 Å². The molecule has 2 nitrogen and oxygen atoms in total. The fourth-order valence-corrected chi connectivity index (χ4v) is 0.697. The highest BCUT2D eigenvalue weighted by Crippen LogP contribution is 1.93. The van der Waals surface area contributed by atoms with E-state index in [9.17, 15) is 0 Å². The second-order valence-corrected chi connectivity index (χ2v) is 1.93. The molecule has 1 radical (unpaired) electrons. The minimum Gasteiger partial charge on any atom is -0.263 e. The van der Waals surface area contributed by atoms with Gasteiger partial charge in [0, 0.05) is 6.54 Å². The maximum atomic E-state index is 4.21. The Bertz CT molecular complexity index is 160. The van der Waals surface area contributed by atoms with Crippen LogP contribution in [-0.2, 0) is 13.0 Å². The van der Waals surface area contributed by atoms with E-state index >= 15 is 0 Å². The van der Waals surface area contributed by atoms with Crippen LogP contribution in [0.1, 0.15) is 19.5 Å². The van der Waals surface area contributed by atoms with Crippen molar-refractivity contribution in [1.82, 2.24) is 9.78 Å². The van der Waals surface area contributed by atoms with Crippen molar-refractivity contribution < 1.29 is 0 Å². The Hall–Kier alpha value is -0.790. The Morgan fingerprint density at radius 1 is 1.67 bits per heavy atom. The van der Waals surface area contributed by atoms with Crippen molar-refractivity contribution in [3.05, 3.63) is 18.0 Å². The minimum atomic E-state index is 0.917. The second kappa shape index (κ2) is 2.67.